The molecule has 34 heavy (non-hydrogen) atoms. The van der Waals surface area contributed by atoms with Crippen molar-refractivity contribution in [1.82, 2.24) is 4.31 Å². The summed E-state index contributed by atoms with van der Waals surface area (Å²) in [6.07, 6.45) is -2.09. The van der Waals surface area contributed by atoms with Gasteiger partial charge in [0.2, 0.25) is 10.0 Å². The lowest BCUT2D eigenvalue weighted by Gasteiger charge is -2.27. The maximum Gasteiger partial charge on any atom is 0.416 e. The van der Waals surface area contributed by atoms with Gasteiger partial charge in [-0.25, -0.2) is 8.42 Å². The summed E-state index contributed by atoms with van der Waals surface area (Å²) in [5, 5.41) is 9.83. The first-order chi connectivity index (χ1) is 16.2. The largest absolute Gasteiger partial charge is 0.493 e. The Morgan fingerprint density at radius 2 is 1.82 bits per heavy atom. The third kappa shape index (κ3) is 5.25. The highest BCUT2D eigenvalue weighted by Gasteiger charge is 2.41. The zero-order valence-corrected chi connectivity index (χ0v) is 19.4. The van der Waals surface area contributed by atoms with Crippen molar-refractivity contribution in [2.75, 3.05) is 26.4 Å². The fourth-order valence-corrected chi connectivity index (χ4v) is 6.35. The smallest absolute Gasteiger partial charge is 0.416 e. The van der Waals surface area contributed by atoms with E-state index < -0.39 is 34.4 Å². The first-order valence-corrected chi connectivity index (χ1v) is 12.8. The van der Waals surface area contributed by atoms with Gasteiger partial charge in [0.25, 0.3) is 0 Å². The van der Waals surface area contributed by atoms with E-state index in [4.69, 9.17) is 9.47 Å². The molecule has 2 aromatic carbocycles. The monoisotopic (exact) mass is 499 g/mol. The second kappa shape index (κ2) is 10.2. The Labute approximate surface area is 197 Å². The molecule has 4 rings (SSSR count). The van der Waals surface area contributed by atoms with Crippen LogP contribution < -0.4 is 4.74 Å². The quantitative estimate of drug-likeness (QED) is 0.606. The number of alkyl halides is 3. The fourth-order valence-electron chi connectivity index (χ4n) is 4.62. The lowest BCUT2D eigenvalue weighted by Crippen LogP contribution is -2.32. The van der Waals surface area contributed by atoms with Crippen molar-refractivity contribution >= 4 is 10.0 Å². The van der Waals surface area contributed by atoms with Crippen molar-refractivity contribution in [3.8, 4) is 5.75 Å². The average molecular weight is 500 g/mol. The number of hydrogen-bond acceptors (Lipinski definition) is 5. The number of hydrogen-bond donors (Lipinski definition) is 1. The Hall–Kier alpha value is -2.14. The topological polar surface area (TPSA) is 76.1 Å². The first kappa shape index (κ1) is 25.0. The molecule has 0 aromatic heterocycles. The minimum atomic E-state index is -4.58. The molecule has 1 atom stereocenters. The van der Waals surface area contributed by atoms with Crippen LogP contribution in [0.1, 0.15) is 48.4 Å². The van der Waals surface area contributed by atoms with Gasteiger partial charge in [0, 0.05) is 25.3 Å². The van der Waals surface area contributed by atoms with Crippen molar-refractivity contribution in [3.63, 3.8) is 0 Å². The molecule has 0 spiro atoms. The molecule has 2 aliphatic heterocycles. The van der Waals surface area contributed by atoms with Crippen LogP contribution in [0.3, 0.4) is 0 Å². The van der Waals surface area contributed by atoms with E-state index in [0.717, 1.165) is 23.2 Å². The Balaban J connectivity index is 1.59. The van der Waals surface area contributed by atoms with Gasteiger partial charge in [-0.1, -0.05) is 18.2 Å². The molecule has 0 radical (unpaired) electrons. The van der Waals surface area contributed by atoms with Gasteiger partial charge >= 0.3 is 6.18 Å². The number of benzene rings is 2. The number of rotatable bonds is 7. The van der Waals surface area contributed by atoms with Crippen LogP contribution in [-0.4, -0.2) is 44.2 Å². The van der Waals surface area contributed by atoms with Gasteiger partial charge in [-0.15, -0.1) is 0 Å². The number of nitrogens with zero attached hydrogens (tertiary/aromatic N) is 1. The standard InChI is InChI=1S/C24H28F3NO5S/c25-24(26,27)21-5-2-1-4-20(21)22-6-3-11-28(22)34(30,31)19-7-8-23(18(14-19)15-29)33-16-17-9-12-32-13-10-17/h1-2,4-5,7-8,14,17,22,29H,3,6,9-13,15-16H2. The predicted octanol–water partition coefficient (Wildman–Crippen LogP) is 4.53. The lowest BCUT2D eigenvalue weighted by molar-refractivity contribution is -0.138. The van der Waals surface area contributed by atoms with Gasteiger partial charge in [0.05, 0.1) is 29.7 Å². The van der Waals surface area contributed by atoms with Crippen LogP contribution in [0.5, 0.6) is 5.75 Å². The van der Waals surface area contributed by atoms with Gasteiger partial charge < -0.3 is 14.6 Å². The highest BCUT2D eigenvalue weighted by Crippen LogP contribution is 2.42. The molecule has 0 amide bonds. The molecule has 2 saturated heterocycles. The van der Waals surface area contributed by atoms with E-state index in [2.05, 4.69) is 0 Å². The summed E-state index contributed by atoms with van der Waals surface area (Å²) >= 11 is 0. The molecule has 1 N–H and O–H groups in total. The molecule has 2 fully saturated rings. The van der Waals surface area contributed by atoms with Crippen LogP contribution >= 0.6 is 0 Å². The number of halogens is 3. The van der Waals surface area contributed by atoms with Gasteiger partial charge in [0.15, 0.2) is 0 Å². The fraction of sp³-hybridized carbons (Fsp3) is 0.500. The Bertz CT molecular complexity index is 1100. The first-order valence-electron chi connectivity index (χ1n) is 11.3. The van der Waals surface area contributed by atoms with Crippen LogP contribution in [0.15, 0.2) is 47.4 Å². The third-order valence-electron chi connectivity index (χ3n) is 6.45. The van der Waals surface area contributed by atoms with E-state index in [9.17, 15) is 26.7 Å². The summed E-state index contributed by atoms with van der Waals surface area (Å²) in [4.78, 5) is -0.0774. The number of ether oxygens (including phenoxy) is 2. The zero-order chi connectivity index (χ0) is 24.3. The second-order valence-electron chi connectivity index (χ2n) is 8.65. The van der Waals surface area contributed by atoms with Gasteiger partial charge in [0.1, 0.15) is 5.75 Å². The molecule has 2 aromatic rings. The molecule has 2 heterocycles. The molecule has 2 aliphatic rings. The number of sulfonamides is 1. The van der Waals surface area contributed by atoms with E-state index in [0.29, 0.717) is 49.9 Å². The Morgan fingerprint density at radius 1 is 1.09 bits per heavy atom. The van der Waals surface area contributed by atoms with Gasteiger partial charge in [-0.2, -0.15) is 17.5 Å². The molecule has 10 heteroatoms. The predicted molar refractivity (Wildman–Crippen MR) is 119 cm³/mol. The number of aliphatic hydroxyl groups is 1. The van der Waals surface area contributed by atoms with Crippen molar-refractivity contribution in [2.24, 2.45) is 5.92 Å². The summed E-state index contributed by atoms with van der Waals surface area (Å²) in [7, 11) is -4.10. The van der Waals surface area contributed by atoms with Crippen LogP contribution in [0, 0.1) is 5.92 Å². The van der Waals surface area contributed by atoms with Crippen LogP contribution in [0.4, 0.5) is 13.2 Å². The second-order valence-corrected chi connectivity index (χ2v) is 10.5. The van der Waals surface area contributed by atoms with E-state index >= 15 is 0 Å². The summed E-state index contributed by atoms with van der Waals surface area (Å²) < 4.78 is 80.0. The highest BCUT2D eigenvalue weighted by molar-refractivity contribution is 7.89. The van der Waals surface area contributed by atoms with E-state index in [1.54, 1.807) is 0 Å². The van der Waals surface area contributed by atoms with Crippen LogP contribution in [0.2, 0.25) is 0 Å². The van der Waals surface area contributed by atoms with Gasteiger partial charge in [-0.3, -0.25) is 0 Å². The van der Waals surface area contributed by atoms with Crippen molar-refractivity contribution in [3.05, 3.63) is 59.2 Å². The molecule has 0 saturated carbocycles. The molecule has 0 aliphatic carbocycles. The molecular weight excluding hydrogens is 471 g/mol. The Kier molecular flexibility index (Phi) is 7.51. The van der Waals surface area contributed by atoms with E-state index in [1.807, 2.05) is 0 Å². The molecular formula is C24H28F3NO5S. The molecule has 1 unspecified atom stereocenters. The summed E-state index contributed by atoms with van der Waals surface area (Å²) in [6, 6.07) is 8.44. The van der Waals surface area contributed by atoms with E-state index in [-0.39, 0.29) is 17.0 Å². The normalized spacial score (nSPS) is 20.5. The summed E-state index contributed by atoms with van der Waals surface area (Å²) in [5.74, 6) is 0.719. The van der Waals surface area contributed by atoms with Crippen LogP contribution in [0.25, 0.3) is 0 Å². The minimum absolute atomic E-state index is 0.0464. The molecule has 6 nitrogen and oxygen atoms in total. The Morgan fingerprint density at radius 3 is 2.53 bits per heavy atom. The van der Waals surface area contributed by atoms with Crippen molar-refractivity contribution in [1.29, 1.82) is 0 Å². The van der Waals surface area contributed by atoms with Crippen molar-refractivity contribution in [2.45, 2.75) is 49.4 Å². The highest BCUT2D eigenvalue weighted by atomic mass is 32.2. The summed E-state index contributed by atoms with van der Waals surface area (Å²) in [5.41, 5.74) is -0.551. The van der Waals surface area contributed by atoms with Crippen molar-refractivity contribution < 1.29 is 36.2 Å². The maximum atomic E-state index is 13.6. The SMILES string of the molecule is O=S(=O)(c1ccc(OCC2CCOCC2)c(CO)c1)N1CCCC1c1ccccc1C(F)(F)F. The minimum Gasteiger partial charge on any atom is -0.493 e. The lowest BCUT2D eigenvalue weighted by atomic mass is 9.99. The van der Waals surface area contributed by atoms with Gasteiger partial charge in [-0.05, 0) is 61.4 Å². The molecule has 0 bridgehead atoms. The summed E-state index contributed by atoms with van der Waals surface area (Å²) in [6.45, 7) is 1.48. The zero-order valence-electron chi connectivity index (χ0n) is 18.6. The van der Waals surface area contributed by atoms with E-state index in [1.165, 1.54) is 36.4 Å². The molecule has 186 valence electrons. The maximum absolute atomic E-state index is 13.6. The number of aliphatic hydroxyl groups excluding tert-OH is 1. The third-order valence-corrected chi connectivity index (χ3v) is 8.36. The average Bonchev–Trinajstić information content (AvgIpc) is 3.33. The van der Waals surface area contributed by atoms with Crippen LogP contribution in [-0.2, 0) is 27.5 Å².